The van der Waals surface area contributed by atoms with Crippen LogP contribution in [0.3, 0.4) is 0 Å². The largest absolute Gasteiger partial charge is 0.352 e. The van der Waals surface area contributed by atoms with Crippen molar-refractivity contribution in [3.8, 4) is 0 Å². The van der Waals surface area contributed by atoms with Gasteiger partial charge in [0, 0.05) is 67.0 Å². The Morgan fingerprint density at radius 2 is 0.542 bits per heavy atom. The van der Waals surface area contributed by atoms with E-state index in [0.29, 0.717) is 39.3 Å². The van der Waals surface area contributed by atoms with E-state index in [0.717, 1.165) is 22.3 Å². The molecule has 258 valence electrons. The summed E-state index contributed by atoms with van der Waals surface area (Å²) in [7, 11) is 0. The van der Waals surface area contributed by atoms with Crippen molar-refractivity contribution in [2.24, 2.45) is 11.5 Å². The minimum absolute atomic E-state index is 0.00820. The highest BCUT2D eigenvalue weighted by atomic mass is 16.2. The van der Waals surface area contributed by atoms with E-state index in [4.69, 9.17) is 11.5 Å². The summed E-state index contributed by atoms with van der Waals surface area (Å²) in [5.41, 5.74) is 14.3. The summed E-state index contributed by atoms with van der Waals surface area (Å²) in [6, 6.07) is 39.3. The van der Waals surface area contributed by atoms with Gasteiger partial charge in [-0.25, -0.2) is 0 Å². The number of benzene rings is 4. The van der Waals surface area contributed by atoms with Gasteiger partial charge in [-0.3, -0.25) is 19.2 Å². The Bertz CT molecular complexity index is 1170. The molecule has 4 aromatic rings. The van der Waals surface area contributed by atoms with Crippen LogP contribution in [0.2, 0.25) is 0 Å². The lowest BCUT2D eigenvalue weighted by molar-refractivity contribution is -0.120. The van der Waals surface area contributed by atoms with Crippen LogP contribution >= 0.6 is 0 Å². The fraction of sp³-hybridized carbons (Fsp3) is 0.263. The molecule has 0 aliphatic carbocycles. The third-order valence-electron chi connectivity index (χ3n) is 5.70. The van der Waals surface area contributed by atoms with Gasteiger partial charge >= 0.3 is 0 Å². The lowest BCUT2D eigenvalue weighted by Crippen LogP contribution is -2.18. The van der Waals surface area contributed by atoms with Gasteiger partial charge in [0.15, 0.2) is 0 Å². The number of carbonyl (C=O) groups is 4. The number of rotatable bonds is 9. The topological polar surface area (TPSA) is 168 Å². The number of carbonyl (C=O) groups excluding carboxylic acids is 4. The molecule has 4 rings (SSSR count). The molecule has 0 radical (unpaired) electrons. The molecule has 0 saturated heterocycles. The molecule has 4 amide bonds. The summed E-state index contributed by atoms with van der Waals surface area (Å²) in [6.07, 6.45) is 0. The molecule has 0 unspecified atom stereocenters. The molecule has 48 heavy (non-hydrogen) atoms. The van der Waals surface area contributed by atoms with E-state index in [1.165, 1.54) is 27.7 Å². The van der Waals surface area contributed by atoms with Crippen molar-refractivity contribution < 1.29 is 19.2 Å². The zero-order chi connectivity index (χ0) is 35.8. The van der Waals surface area contributed by atoms with Crippen LogP contribution in [0.15, 0.2) is 121 Å². The highest BCUT2D eigenvalue weighted by Crippen LogP contribution is 1.98. The van der Waals surface area contributed by atoms with Gasteiger partial charge in [-0.15, -0.1) is 0 Å². The maximum absolute atomic E-state index is 10.5. The second kappa shape index (κ2) is 29.1. The van der Waals surface area contributed by atoms with Crippen LogP contribution < -0.4 is 32.7 Å². The zero-order valence-electron chi connectivity index (χ0n) is 28.6. The second-order valence-electron chi connectivity index (χ2n) is 10.2. The highest BCUT2D eigenvalue weighted by molar-refractivity contribution is 5.73. The predicted molar refractivity (Wildman–Crippen MR) is 194 cm³/mol. The molecule has 10 nitrogen and oxygen atoms in total. The normalized spacial score (nSPS) is 9.04. The number of hydrogen-bond acceptors (Lipinski definition) is 6. The van der Waals surface area contributed by atoms with E-state index < -0.39 is 0 Å². The minimum atomic E-state index is 0.00820. The summed E-state index contributed by atoms with van der Waals surface area (Å²) in [4.78, 5) is 42.0. The lowest BCUT2D eigenvalue weighted by atomic mass is 10.2. The number of amides is 4. The molecule has 0 fully saturated rings. The molecule has 0 aliphatic rings. The third kappa shape index (κ3) is 28.2. The molecule has 0 spiro atoms. The van der Waals surface area contributed by atoms with Crippen molar-refractivity contribution in [2.75, 3.05) is 13.1 Å². The van der Waals surface area contributed by atoms with Gasteiger partial charge in [-0.2, -0.15) is 0 Å². The Morgan fingerprint density at radius 1 is 0.375 bits per heavy atom. The molecule has 0 saturated carbocycles. The highest BCUT2D eigenvalue weighted by Gasteiger charge is 1.93. The molecule has 0 aliphatic heterocycles. The molecular weight excluding hydrogens is 604 g/mol. The molecule has 0 atom stereocenters. The Hall–Kier alpha value is -5.32. The first kappa shape index (κ1) is 42.7. The first-order chi connectivity index (χ1) is 23.1. The van der Waals surface area contributed by atoms with Crippen LogP contribution in [0.1, 0.15) is 49.9 Å². The average Bonchev–Trinajstić information content (AvgIpc) is 3.11. The summed E-state index contributed by atoms with van der Waals surface area (Å²) in [6.45, 7) is 9.75. The first-order valence-electron chi connectivity index (χ1n) is 15.6. The van der Waals surface area contributed by atoms with Crippen molar-refractivity contribution in [3.63, 3.8) is 0 Å². The molecular formula is C38H52N6O4. The number of hydrogen-bond donors (Lipinski definition) is 6. The third-order valence-corrected chi connectivity index (χ3v) is 5.70. The van der Waals surface area contributed by atoms with Gasteiger partial charge in [-0.1, -0.05) is 121 Å². The molecule has 10 heteroatoms. The molecule has 0 bridgehead atoms. The summed E-state index contributed by atoms with van der Waals surface area (Å²) < 4.78 is 0. The fourth-order valence-electron chi connectivity index (χ4n) is 3.29. The smallest absolute Gasteiger partial charge is 0.217 e. The van der Waals surface area contributed by atoms with Gasteiger partial charge in [0.25, 0.3) is 0 Å². The van der Waals surface area contributed by atoms with Crippen molar-refractivity contribution in [3.05, 3.63) is 144 Å². The van der Waals surface area contributed by atoms with Crippen molar-refractivity contribution in [2.45, 2.75) is 53.9 Å². The van der Waals surface area contributed by atoms with E-state index >= 15 is 0 Å². The standard InChI is InChI=1S/4C9H11NO.C2H8N2/c4*1-8(11)10-7-9-5-3-2-4-6-9;3-1-2-4/h4*2-6H,7H2,1H3,(H,10,11);1-4H2. The van der Waals surface area contributed by atoms with E-state index in [9.17, 15) is 19.2 Å². The van der Waals surface area contributed by atoms with Gasteiger partial charge < -0.3 is 32.7 Å². The van der Waals surface area contributed by atoms with Gasteiger partial charge in [0.05, 0.1) is 0 Å². The van der Waals surface area contributed by atoms with Crippen molar-refractivity contribution in [1.29, 1.82) is 0 Å². The van der Waals surface area contributed by atoms with E-state index in [1.54, 1.807) is 0 Å². The Balaban J connectivity index is 0.000000591. The summed E-state index contributed by atoms with van der Waals surface area (Å²) >= 11 is 0. The molecule has 8 N–H and O–H groups in total. The average molecular weight is 657 g/mol. The van der Waals surface area contributed by atoms with Crippen LogP contribution in [0, 0.1) is 0 Å². The molecule has 0 aromatic heterocycles. The van der Waals surface area contributed by atoms with Crippen LogP contribution in [-0.2, 0) is 45.4 Å². The lowest BCUT2D eigenvalue weighted by Gasteiger charge is -2.00. The van der Waals surface area contributed by atoms with Crippen molar-refractivity contribution >= 4 is 23.6 Å². The van der Waals surface area contributed by atoms with Gasteiger partial charge in [-0.05, 0) is 22.3 Å². The fourth-order valence-corrected chi connectivity index (χ4v) is 3.29. The van der Waals surface area contributed by atoms with Crippen LogP contribution in [-0.4, -0.2) is 36.7 Å². The quantitative estimate of drug-likeness (QED) is 0.158. The Morgan fingerprint density at radius 3 is 0.667 bits per heavy atom. The maximum atomic E-state index is 10.5. The second-order valence-corrected chi connectivity index (χ2v) is 10.2. The minimum Gasteiger partial charge on any atom is -0.352 e. The Labute approximate surface area is 285 Å². The van der Waals surface area contributed by atoms with Gasteiger partial charge in [0.1, 0.15) is 0 Å². The molecule has 4 aromatic carbocycles. The first-order valence-corrected chi connectivity index (χ1v) is 15.6. The maximum Gasteiger partial charge on any atom is 0.217 e. The van der Waals surface area contributed by atoms with E-state index in [2.05, 4.69) is 21.3 Å². The number of nitrogens with one attached hydrogen (secondary N) is 4. The zero-order valence-corrected chi connectivity index (χ0v) is 28.6. The summed E-state index contributed by atoms with van der Waals surface area (Å²) in [5, 5.41) is 10.9. The van der Waals surface area contributed by atoms with Crippen molar-refractivity contribution in [1.82, 2.24) is 21.3 Å². The van der Waals surface area contributed by atoms with Crippen LogP contribution in [0.4, 0.5) is 0 Å². The predicted octanol–water partition coefficient (Wildman–Crippen LogP) is 4.19. The number of nitrogens with two attached hydrogens (primary N) is 2. The summed E-state index contributed by atoms with van der Waals surface area (Å²) in [5.74, 6) is 0.0328. The van der Waals surface area contributed by atoms with E-state index in [1.807, 2.05) is 121 Å². The SMILES string of the molecule is CC(=O)NCc1ccccc1.CC(=O)NCc1ccccc1.CC(=O)NCc1ccccc1.CC(=O)NCc1ccccc1.NCCN. The van der Waals surface area contributed by atoms with Crippen LogP contribution in [0.25, 0.3) is 0 Å². The van der Waals surface area contributed by atoms with Crippen LogP contribution in [0.5, 0.6) is 0 Å². The Kier molecular flexibility index (Phi) is 25.9. The molecule has 0 heterocycles. The van der Waals surface area contributed by atoms with Gasteiger partial charge in [0.2, 0.25) is 23.6 Å². The van der Waals surface area contributed by atoms with E-state index in [-0.39, 0.29) is 23.6 Å². The monoisotopic (exact) mass is 656 g/mol.